The highest BCUT2D eigenvalue weighted by Gasteiger charge is 2.37. The van der Waals surface area contributed by atoms with Gasteiger partial charge in [0, 0.05) is 12.2 Å². The molecule has 0 aliphatic heterocycles. The lowest BCUT2D eigenvalue weighted by Crippen LogP contribution is -2.41. The van der Waals surface area contributed by atoms with Gasteiger partial charge in [-0.1, -0.05) is 62.2 Å². The summed E-state index contributed by atoms with van der Waals surface area (Å²) in [4.78, 5) is 27.7. The van der Waals surface area contributed by atoms with Gasteiger partial charge in [-0.05, 0) is 65.3 Å². The minimum absolute atomic E-state index is 0.0908. The van der Waals surface area contributed by atoms with Gasteiger partial charge in [0.1, 0.15) is 5.69 Å². The largest absolute Gasteiger partial charge is 0.413 e. The van der Waals surface area contributed by atoms with Crippen molar-refractivity contribution in [3.05, 3.63) is 68.6 Å². The second-order valence-corrected chi connectivity index (χ2v) is 15.0. The van der Waals surface area contributed by atoms with Gasteiger partial charge in [0.05, 0.1) is 16.7 Å². The number of hydrogen-bond donors (Lipinski definition) is 0. The van der Waals surface area contributed by atoms with Crippen LogP contribution in [0.3, 0.4) is 0 Å². The number of halogens is 2. The number of nitrogens with zero attached hydrogens (tertiary/aromatic N) is 5. The number of amides is 1. The predicted molar refractivity (Wildman–Crippen MR) is 138 cm³/mol. The summed E-state index contributed by atoms with van der Waals surface area (Å²) in [6, 6.07) is 11.7. The summed E-state index contributed by atoms with van der Waals surface area (Å²) in [5.74, 6) is 0. The van der Waals surface area contributed by atoms with Gasteiger partial charge in [0.2, 0.25) is 0 Å². The van der Waals surface area contributed by atoms with Crippen LogP contribution < -0.4 is 10.6 Å². The number of anilines is 1. The maximum absolute atomic E-state index is 13.3. The molecule has 0 fully saturated rings. The molecule has 2 aromatic carbocycles. The Morgan fingerprint density at radius 2 is 1.71 bits per heavy atom. The minimum Gasteiger partial charge on any atom is -0.413 e. The summed E-state index contributed by atoms with van der Waals surface area (Å²) in [6.45, 7) is 13.5. The molecule has 34 heavy (non-hydrogen) atoms. The van der Waals surface area contributed by atoms with Crippen LogP contribution in [-0.2, 0) is 11.0 Å². The SMILES string of the molecule is CCN(C(=O)n1nnn(-c2c(Cl)cccc2Cl)c1=O)c1cccc(CO[Si](C)(C)C(C)(C)C)c1. The van der Waals surface area contributed by atoms with Gasteiger partial charge in [-0.2, -0.15) is 4.68 Å². The third-order valence-corrected chi connectivity index (χ3v) is 11.2. The molecule has 0 saturated heterocycles. The van der Waals surface area contributed by atoms with Crippen LogP contribution in [0.25, 0.3) is 5.69 Å². The number of hydrogen-bond acceptors (Lipinski definition) is 5. The summed E-state index contributed by atoms with van der Waals surface area (Å²) in [7, 11) is -1.93. The van der Waals surface area contributed by atoms with Gasteiger partial charge < -0.3 is 4.43 Å². The molecule has 0 spiro atoms. The first-order chi connectivity index (χ1) is 15.9. The Balaban J connectivity index is 1.88. The fourth-order valence-electron chi connectivity index (χ4n) is 3.04. The molecule has 0 N–H and O–H groups in total. The van der Waals surface area contributed by atoms with E-state index in [1.165, 1.54) is 4.90 Å². The molecule has 3 rings (SSSR count). The zero-order valence-corrected chi connectivity index (χ0v) is 22.7. The topological polar surface area (TPSA) is 82.3 Å². The smallest absolute Gasteiger partial charge is 0.377 e. The number of benzene rings is 2. The van der Waals surface area contributed by atoms with E-state index < -0.39 is 20.0 Å². The van der Waals surface area contributed by atoms with E-state index in [2.05, 4.69) is 44.3 Å². The molecular formula is C23H29Cl2N5O3Si. The molecule has 3 aromatic rings. The third kappa shape index (κ3) is 5.27. The molecule has 1 amide bonds. The summed E-state index contributed by atoms with van der Waals surface area (Å²) >= 11 is 12.4. The molecule has 0 unspecified atom stereocenters. The van der Waals surface area contributed by atoms with Crippen molar-refractivity contribution in [1.82, 2.24) is 19.8 Å². The molecule has 0 radical (unpaired) electrons. The molecule has 0 saturated carbocycles. The van der Waals surface area contributed by atoms with Crippen molar-refractivity contribution in [3.63, 3.8) is 0 Å². The van der Waals surface area contributed by atoms with E-state index in [1.807, 2.05) is 25.1 Å². The summed E-state index contributed by atoms with van der Waals surface area (Å²) < 4.78 is 7.93. The second-order valence-electron chi connectivity index (χ2n) is 9.40. The lowest BCUT2D eigenvalue weighted by Gasteiger charge is -2.36. The van der Waals surface area contributed by atoms with Gasteiger partial charge in [0.25, 0.3) is 0 Å². The summed E-state index contributed by atoms with van der Waals surface area (Å²) in [5, 5.41) is 8.13. The van der Waals surface area contributed by atoms with Crippen LogP contribution >= 0.6 is 23.2 Å². The Bertz CT molecular complexity index is 1230. The lowest BCUT2D eigenvalue weighted by atomic mass is 10.2. The summed E-state index contributed by atoms with van der Waals surface area (Å²) in [5.41, 5.74) is 0.965. The van der Waals surface area contributed by atoms with E-state index in [4.69, 9.17) is 27.6 Å². The highest BCUT2D eigenvalue weighted by molar-refractivity contribution is 6.74. The Hall–Kier alpha value is -2.46. The molecule has 0 aliphatic rings. The van der Waals surface area contributed by atoms with Crippen LogP contribution in [-0.4, -0.2) is 40.7 Å². The number of tetrazole rings is 1. The Morgan fingerprint density at radius 3 is 2.29 bits per heavy atom. The van der Waals surface area contributed by atoms with Crippen molar-refractivity contribution >= 4 is 43.2 Å². The average molecular weight is 523 g/mol. The van der Waals surface area contributed by atoms with Gasteiger partial charge >= 0.3 is 11.7 Å². The maximum atomic E-state index is 13.3. The minimum atomic E-state index is -1.93. The molecule has 0 aliphatic carbocycles. The summed E-state index contributed by atoms with van der Waals surface area (Å²) in [6.07, 6.45) is 0. The monoisotopic (exact) mass is 521 g/mol. The normalized spacial score (nSPS) is 12.1. The van der Waals surface area contributed by atoms with Gasteiger partial charge in [-0.25, -0.2) is 9.59 Å². The maximum Gasteiger partial charge on any atom is 0.377 e. The van der Waals surface area contributed by atoms with Crippen LogP contribution in [0.2, 0.25) is 28.2 Å². The number of carbonyl (C=O) groups is 1. The standard InChI is InChI=1S/C23H29Cl2N5O3Si/c1-7-28(17-11-8-10-16(14-17)15-33-34(5,6)23(2,3)4)21(31)30-22(32)29(26-27-30)20-18(24)12-9-13-19(20)25/h8-14H,7,15H2,1-6H3. The molecular weight excluding hydrogens is 493 g/mol. The highest BCUT2D eigenvalue weighted by atomic mass is 35.5. The Labute approximate surface area is 210 Å². The fourth-order valence-corrected chi connectivity index (χ4v) is 4.55. The molecule has 8 nitrogen and oxygen atoms in total. The number of rotatable bonds is 6. The molecule has 1 aromatic heterocycles. The second kappa shape index (κ2) is 10.0. The number of carbonyl (C=O) groups excluding carboxylic acids is 1. The molecule has 1 heterocycles. The van der Waals surface area contributed by atoms with Crippen molar-refractivity contribution in [2.45, 2.75) is 52.4 Å². The zero-order valence-electron chi connectivity index (χ0n) is 20.2. The number of aromatic nitrogens is 4. The van der Waals surface area contributed by atoms with Crippen LogP contribution in [0.15, 0.2) is 47.3 Å². The lowest BCUT2D eigenvalue weighted by molar-refractivity contribution is 0.244. The van der Waals surface area contributed by atoms with Crippen LogP contribution in [0.1, 0.15) is 33.3 Å². The Kier molecular flexibility index (Phi) is 7.71. The van der Waals surface area contributed by atoms with Crippen molar-refractivity contribution in [2.75, 3.05) is 11.4 Å². The van der Waals surface area contributed by atoms with Gasteiger partial charge in [-0.15, -0.1) is 4.68 Å². The van der Waals surface area contributed by atoms with E-state index in [0.29, 0.717) is 23.5 Å². The van der Waals surface area contributed by atoms with Crippen molar-refractivity contribution in [2.24, 2.45) is 0 Å². The highest BCUT2D eigenvalue weighted by Crippen LogP contribution is 2.37. The molecule has 0 atom stereocenters. The quantitative estimate of drug-likeness (QED) is 0.304. The van der Waals surface area contributed by atoms with E-state index in [0.717, 1.165) is 10.2 Å². The number of para-hydroxylation sites is 1. The van der Waals surface area contributed by atoms with E-state index >= 15 is 0 Å². The van der Waals surface area contributed by atoms with E-state index in [-0.39, 0.29) is 20.8 Å². The van der Waals surface area contributed by atoms with Crippen molar-refractivity contribution < 1.29 is 9.22 Å². The van der Waals surface area contributed by atoms with Gasteiger partial charge in [0.15, 0.2) is 8.32 Å². The molecule has 182 valence electrons. The average Bonchev–Trinajstić information content (AvgIpc) is 3.13. The van der Waals surface area contributed by atoms with Crippen LogP contribution in [0, 0.1) is 0 Å². The van der Waals surface area contributed by atoms with Crippen LogP contribution in [0.5, 0.6) is 0 Å². The van der Waals surface area contributed by atoms with Crippen molar-refractivity contribution in [3.8, 4) is 5.69 Å². The van der Waals surface area contributed by atoms with E-state index in [1.54, 1.807) is 24.3 Å². The third-order valence-electron chi connectivity index (χ3n) is 6.09. The first-order valence-electron chi connectivity index (χ1n) is 10.9. The van der Waals surface area contributed by atoms with E-state index in [9.17, 15) is 9.59 Å². The predicted octanol–water partition coefficient (Wildman–Crippen LogP) is 5.75. The van der Waals surface area contributed by atoms with Gasteiger partial charge in [-0.3, -0.25) is 4.90 Å². The first kappa shape index (κ1) is 26.1. The molecule has 11 heteroatoms. The molecule has 0 bridgehead atoms. The first-order valence-corrected chi connectivity index (χ1v) is 14.6. The Morgan fingerprint density at radius 1 is 1.09 bits per heavy atom. The van der Waals surface area contributed by atoms with Crippen LogP contribution in [0.4, 0.5) is 10.5 Å². The van der Waals surface area contributed by atoms with Crippen molar-refractivity contribution in [1.29, 1.82) is 0 Å². The fraction of sp³-hybridized carbons (Fsp3) is 0.391. The zero-order chi connectivity index (χ0) is 25.3.